The summed E-state index contributed by atoms with van der Waals surface area (Å²) in [5, 5.41) is 3.76. The molecule has 31 heavy (non-hydrogen) atoms. The number of aromatic nitrogens is 2. The van der Waals surface area contributed by atoms with E-state index >= 15 is 0 Å². The first-order valence-corrected chi connectivity index (χ1v) is 12.8. The topological polar surface area (TPSA) is 84.3 Å². The lowest BCUT2D eigenvalue weighted by molar-refractivity contribution is -0.113. The number of para-hydroxylation sites is 2. The molecule has 1 heterocycles. The van der Waals surface area contributed by atoms with Crippen LogP contribution < -0.4 is 5.32 Å². The number of anilines is 1. The standard InChI is InChI=1S/C21H25ClN4O3S2/c1-4-25(5-2)31(28,29)15-11-12-16(22)18(13-15)23-20(27)14-30-21-24-17-9-7-8-10-19(17)26(21)6-3/h7-13H,4-6,14H2,1-3H3,(H,23,27). The maximum absolute atomic E-state index is 12.8. The summed E-state index contributed by atoms with van der Waals surface area (Å²) in [6.07, 6.45) is 0. The second-order valence-corrected chi connectivity index (χ2v) is 9.98. The Morgan fingerprint density at radius 1 is 1.16 bits per heavy atom. The average molecular weight is 481 g/mol. The molecule has 7 nitrogen and oxygen atoms in total. The summed E-state index contributed by atoms with van der Waals surface area (Å²) in [4.78, 5) is 17.3. The molecule has 0 aliphatic heterocycles. The van der Waals surface area contributed by atoms with E-state index in [1.165, 1.54) is 34.3 Å². The third-order valence-corrected chi connectivity index (χ3v) is 8.18. The molecule has 0 fully saturated rings. The van der Waals surface area contributed by atoms with Crippen molar-refractivity contribution in [1.29, 1.82) is 0 Å². The van der Waals surface area contributed by atoms with E-state index in [2.05, 4.69) is 14.9 Å². The van der Waals surface area contributed by atoms with Crippen LogP contribution in [0.4, 0.5) is 5.69 Å². The summed E-state index contributed by atoms with van der Waals surface area (Å²) >= 11 is 7.53. The Hall–Kier alpha value is -2.07. The number of hydrogen-bond acceptors (Lipinski definition) is 5. The van der Waals surface area contributed by atoms with Crippen molar-refractivity contribution in [3.05, 3.63) is 47.5 Å². The highest BCUT2D eigenvalue weighted by atomic mass is 35.5. The smallest absolute Gasteiger partial charge is 0.243 e. The van der Waals surface area contributed by atoms with Crippen molar-refractivity contribution in [3.63, 3.8) is 0 Å². The molecule has 10 heteroatoms. The zero-order valence-electron chi connectivity index (χ0n) is 17.6. The predicted octanol–water partition coefficient (Wildman–Crippen LogP) is 4.47. The van der Waals surface area contributed by atoms with Crippen LogP contribution in [0.2, 0.25) is 5.02 Å². The van der Waals surface area contributed by atoms with E-state index in [4.69, 9.17) is 11.6 Å². The first kappa shape index (κ1) is 23.6. The summed E-state index contributed by atoms with van der Waals surface area (Å²) in [7, 11) is -3.65. The van der Waals surface area contributed by atoms with Crippen LogP contribution in [0.25, 0.3) is 11.0 Å². The number of benzene rings is 2. The first-order valence-electron chi connectivity index (χ1n) is 9.99. The number of amides is 1. The summed E-state index contributed by atoms with van der Waals surface area (Å²) < 4.78 is 28.9. The van der Waals surface area contributed by atoms with Crippen LogP contribution in [0.3, 0.4) is 0 Å². The Labute approximate surface area is 191 Å². The molecule has 0 unspecified atom stereocenters. The number of hydrogen-bond donors (Lipinski definition) is 1. The van der Waals surface area contributed by atoms with Gasteiger partial charge in [0, 0.05) is 19.6 Å². The number of rotatable bonds is 9. The van der Waals surface area contributed by atoms with Crippen LogP contribution in [-0.2, 0) is 21.4 Å². The number of imidazole rings is 1. The van der Waals surface area contributed by atoms with Gasteiger partial charge < -0.3 is 9.88 Å². The normalized spacial score (nSPS) is 11.9. The summed E-state index contributed by atoms with van der Waals surface area (Å²) in [5.41, 5.74) is 2.17. The van der Waals surface area contributed by atoms with Crippen LogP contribution >= 0.6 is 23.4 Å². The fraction of sp³-hybridized carbons (Fsp3) is 0.333. The number of nitrogens with one attached hydrogen (secondary N) is 1. The molecule has 1 aromatic heterocycles. The Bertz CT molecular complexity index is 1190. The lowest BCUT2D eigenvalue weighted by Gasteiger charge is -2.19. The minimum atomic E-state index is -3.65. The number of halogens is 1. The molecule has 2 aromatic carbocycles. The predicted molar refractivity (Wildman–Crippen MR) is 126 cm³/mol. The van der Waals surface area contributed by atoms with Gasteiger partial charge in [-0.3, -0.25) is 4.79 Å². The van der Waals surface area contributed by atoms with Crippen molar-refractivity contribution in [2.24, 2.45) is 0 Å². The van der Waals surface area contributed by atoms with Gasteiger partial charge >= 0.3 is 0 Å². The van der Waals surface area contributed by atoms with E-state index in [1.54, 1.807) is 13.8 Å². The van der Waals surface area contributed by atoms with Crippen LogP contribution in [-0.4, -0.2) is 47.0 Å². The minimum absolute atomic E-state index is 0.0938. The Morgan fingerprint density at radius 3 is 2.55 bits per heavy atom. The zero-order chi connectivity index (χ0) is 22.6. The van der Waals surface area contributed by atoms with E-state index in [9.17, 15) is 13.2 Å². The SMILES string of the molecule is CCN(CC)S(=O)(=O)c1ccc(Cl)c(NC(=O)CSc2nc3ccccc3n2CC)c1. The van der Waals surface area contributed by atoms with E-state index in [-0.39, 0.29) is 27.3 Å². The highest BCUT2D eigenvalue weighted by Gasteiger charge is 2.23. The van der Waals surface area contributed by atoms with E-state index in [0.717, 1.165) is 22.7 Å². The molecule has 3 rings (SSSR count). The second kappa shape index (κ2) is 10.0. The molecule has 0 saturated heterocycles. The third-order valence-electron chi connectivity index (χ3n) is 4.82. The largest absolute Gasteiger partial charge is 0.324 e. The maximum Gasteiger partial charge on any atom is 0.243 e. The van der Waals surface area contributed by atoms with Crippen molar-refractivity contribution >= 4 is 56.0 Å². The molecule has 0 spiro atoms. The third kappa shape index (κ3) is 5.06. The first-order chi connectivity index (χ1) is 14.8. The number of thioether (sulfide) groups is 1. The van der Waals surface area contributed by atoms with Crippen molar-refractivity contribution in [3.8, 4) is 0 Å². The summed E-state index contributed by atoms with van der Waals surface area (Å²) in [5.74, 6) is -0.175. The zero-order valence-corrected chi connectivity index (χ0v) is 20.0. The molecule has 0 saturated carbocycles. The molecule has 0 bridgehead atoms. The maximum atomic E-state index is 12.8. The van der Waals surface area contributed by atoms with Crippen molar-refractivity contribution in [2.45, 2.75) is 37.4 Å². The van der Waals surface area contributed by atoms with E-state index in [1.807, 2.05) is 31.2 Å². The molecule has 1 amide bonds. The van der Waals surface area contributed by atoms with Gasteiger partial charge in [0.25, 0.3) is 0 Å². The lowest BCUT2D eigenvalue weighted by Crippen LogP contribution is -2.30. The molecule has 3 aromatic rings. The van der Waals surface area contributed by atoms with Gasteiger partial charge in [0.2, 0.25) is 15.9 Å². The van der Waals surface area contributed by atoms with Crippen LogP contribution in [0.1, 0.15) is 20.8 Å². The molecule has 0 aliphatic carbocycles. The average Bonchev–Trinajstić information content (AvgIpc) is 3.12. The van der Waals surface area contributed by atoms with Gasteiger partial charge in [0.05, 0.1) is 32.4 Å². The van der Waals surface area contributed by atoms with E-state index in [0.29, 0.717) is 13.1 Å². The molecule has 0 aliphatic rings. The molecular weight excluding hydrogens is 456 g/mol. The number of sulfonamides is 1. The van der Waals surface area contributed by atoms with Gasteiger partial charge in [-0.25, -0.2) is 13.4 Å². The molecule has 0 atom stereocenters. The number of aryl methyl sites for hydroxylation is 1. The fourth-order valence-electron chi connectivity index (χ4n) is 3.26. The second-order valence-electron chi connectivity index (χ2n) is 6.70. The fourth-order valence-corrected chi connectivity index (χ4v) is 5.79. The van der Waals surface area contributed by atoms with Crippen LogP contribution in [0.15, 0.2) is 52.5 Å². The Balaban J connectivity index is 1.75. The number of carbonyl (C=O) groups excluding carboxylic acids is 1. The van der Waals surface area contributed by atoms with Gasteiger partial charge in [0.15, 0.2) is 5.16 Å². The van der Waals surface area contributed by atoms with Gasteiger partial charge in [-0.05, 0) is 37.3 Å². The van der Waals surface area contributed by atoms with Gasteiger partial charge in [-0.15, -0.1) is 0 Å². The van der Waals surface area contributed by atoms with Crippen molar-refractivity contribution < 1.29 is 13.2 Å². The van der Waals surface area contributed by atoms with Crippen LogP contribution in [0.5, 0.6) is 0 Å². The molecule has 166 valence electrons. The van der Waals surface area contributed by atoms with Gasteiger partial charge in [-0.2, -0.15) is 4.31 Å². The lowest BCUT2D eigenvalue weighted by atomic mass is 10.3. The monoisotopic (exact) mass is 480 g/mol. The minimum Gasteiger partial charge on any atom is -0.324 e. The van der Waals surface area contributed by atoms with Gasteiger partial charge in [0.1, 0.15) is 0 Å². The highest BCUT2D eigenvalue weighted by molar-refractivity contribution is 7.99. The Morgan fingerprint density at radius 2 is 1.87 bits per heavy atom. The molecule has 1 N–H and O–H groups in total. The van der Waals surface area contributed by atoms with Gasteiger partial charge in [-0.1, -0.05) is 49.3 Å². The quantitative estimate of drug-likeness (QED) is 0.457. The number of carbonyl (C=O) groups is 1. The number of nitrogens with zero attached hydrogens (tertiary/aromatic N) is 3. The van der Waals surface area contributed by atoms with Crippen molar-refractivity contribution in [2.75, 3.05) is 24.2 Å². The summed E-state index contributed by atoms with van der Waals surface area (Å²) in [6.45, 7) is 7.04. The van der Waals surface area contributed by atoms with E-state index < -0.39 is 10.0 Å². The van der Waals surface area contributed by atoms with Crippen LogP contribution in [0, 0.1) is 0 Å². The van der Waals surface area contributed by atoms with Crippen molar-refractivity contribution in [1.82, 2.24) is 13.9 Å². The highest BCUT2D eigenvalue weighted by Crippen LogP contribution is 2.28. The molecular formula is C21H25ClN4O3S2. The Kier molecular flexibility index (Phi) is 7.64. The summed E-state index contributed by atoms with van der Waals surface area (Å²) in [6, 6.07) is 12.2. The number of fused-ring (bicyclic) bond motifs is 1. The molecule has 0 radical (unpaired) electrons.